The third kappa shape index (κ3) is 2.94. The van der Waals surface area contributed by atoms with Crippen molar-refractivity contribution < 1.29 is 4.42 Å². The molecule has 0 spiro atoms. The lowest BCUT2D eigenvalue weighted by Gasteiger charge is -2.14. The van der Waals surface area contributed by atoms with Crippen molar-refractivity contribution in [2.24, 2.45) is 5.84 Å². The first-order valence-electron chi connectivity index (χ1n) is 5.31. The molecule has 5 heteroatoms. The van der Waals surface area contributed by atoms with Crippen LogP contribution >= 0.6 is 15.9 Å². The smallest absolute Gasteiger partial charge is 0.105 e. The van der Waals surface area contributed by atoms with E-state index in [1.807, 2.05) is 25.1 Å². The summed E-state index contributed by atoms with van der Waals surface area (Å²) in [5.41, 5.74) is 4.85. The molecular weight excluding hydrogens is 282 g/mol. The minimum Gasteiger partial charge on any atom is -0.469 e. The van der Waals surface area contributed by atoms with Gasteiger partial charge in [0.05, 0.1) is 12.3 Å². The van der Waals surface area contributed by atoms with Gasteiger partial charge < -0.3 is 4.42 Å². The normalized spacial score (nSPS) is 12.6. The number of pyridine rings is 1. The molecule has 0 saturated heterocycles. The number of rotatable bonds is 4. The second-order valence-corrected chi connectivity index (χ2v) is 4.74. The van der Waals surface area contributed by atoms with Gasteiger partial charge >= 0.3 is 0 Å². The Kier molecular flexibility index (Phi) is 3.93. The van der Waals surface area contributed by atoms with Gasteiger partial charge in [-0.1, -0.05) is 0 Å². The van der Waals surface area contributed by atoms with Gasteiger partial charge in [-0.15, -0.1) is 0 Å². The van der Waals surface area contributed by atoms with E-state index in [4.69, 9.17) is 10.3 Å². The maximum atomic E-state index is 5.58. The second-order valence-electron chi connectivity index (χ2n) is 3.82. The lowest BCUT2D eigenvalue weighted by atomic mass is 10.0. The molecule has 0 aliphatic rings. The van der Waals surface area contributed by atoms with Crippen LogP contribution in [0.15, 0.2) is 39.5 Å². The summed E-state index contributed by atoms with van der Waals surface area (Å²) in [4.78, 5) is 4.33. The molecule has 1 atom stereocenters. The Morgan fingerprint density at radius 2 is 2.29 bits per heavy atom. The fourth-order valence-electron chi connectivity index (χ4n) is 1.75. The predicted octanol–water partition coefficient (Wildman–Crippen LogP) is 2.49. The Hall–Kier alpha value is -1.17. The van der Waals surface area contributed by atoms with Gasteiger partial charge in [0.2, 0.25) is 0 Å². The van der Waals surface area contributed by atoms with E-state index in [0.29, 0.717) is 0 Å². The summed E-state index contributed by atoms with van der Waals surface area (Å²) in [6, 6.07) is 5.89. The van der Waals surface area contributed by atoms with Gasteiger partial charge in [-0.3, -0.25) is 16.3 Å². The van der Waals surface area contributed by atoms with Gasteiger partial charge in [0.15, 0.2) is 0 Å². The first-order valence-corrected chi connectivity index (χ1v) is 6.10. The zero-order chi connectivity index (χ0) is 12.3. The zero-order valence-electron chi connectivity index (χ0n) is 9.48. The van der Waals surface area contributed by atoms with Crippen LogP contribution in [0.25, 0.3) is 0 Å². The molecule has 0 aliphatic carbocycles. The van der Waals surface area contributed by atoms with Crippen LogP contribution in [0.1, 0.15) is 23.1 Å². The molecule has 0 fully saturated rings. The van der Waals surface area contributed by atoms with Crippen molar-refractivity contribution >= 4 is 15.9 Å². The SMILES string of the molecule is Cc1occc1C(Cc1ccc(Br)cn1)NN. The third-order valence-electron chi connectivity index (χ3n) is 2.68. The minimum absolute atomic E-state index is 0.0161. The average molecular weight is 296 g/mol. The highest BCUT2D eigenvalue weighted by Gasteiger charge is 2.15. The molecule has 2 rings (SSSR count). The fraction of sp³-hybridized carbons (Fsp3) is 0.250. The van der Waals surface area contributed by atoms with Crippen LogP contribution in [-0.2, 0) is 6.42 Å². The monoisotopic (exact) mass is 295 g/mol. The van der Waals surface area contributed by atoms with E-state index in [9.17, 15) is 0 Å². The van der Waals surface area contributed by atoms with E-state index in [1.54, 1.807) is 12.5 Å². The lowest BCUT2D eigenvalue weighted by molar-refractivity contribution is 0.500. The predicted molar refractivity (Wildman–Crippen MR) is 69.2 cm³/mol. The third-order valence-corrected chi connectivity index (χ3v) is 3.15. The first-order chi connectivity index (χ1) is 8.20. The number of nitrogens with zero attached hydrogens (tertiary/aromatic N) is 1. The van der Waals surface area contributed by atoms with Crippen LogP contribution in [0.5, 0.6) is 0 Å². The highest BCUT2D eigenvalue weighted by molar-refractivity contribution is 9.10. The van der Waals surface area contributed by atoms with Gasteiger partial charge in [0.1, 0.15) is 5.76 Å². The maximum absolute atomic E-state index is 5.58. The molecule has 0 aliphatic heterocycles. The molecule has 17 heavy (non-hydrogen) atoms. The first kappa shape index (κ1) is 12.3. The van der Waals surface area contributed by atoms with E-state index >= 15 is 0 Å². The van der Waals surface area contributed by atoms with E-state index < -0.39 is 0 Å². The van der Waals surface area contributed by atoms with Crippen molar-refractivity contribution in [3.05, 3.63) is 52.1 Å². The minimum atomic E-state index is 0.0161. The molecule has 1 unspecified atom stereocenters. The van der Waals surface area contributed by atoms with Gasteiger partial charge in [0.25, 0.3) is 0 Å². The van der Waals surface area contributed by atoms with Crippen LogP contribution in [0.3, 0.4) is 0 Å². The fourth-order valence-corrected chi connectivity index (χ4v) is 1.99. The van der Waals surface area contributed by atoms with Crippen LogP contribution < -0.4 is 11.3 Å². The van der Waals surface area contributed by atoms with Crippen molar-refractivity contribution in [1.82, 2.24) is 10.4 Å². The van der Waals surface area contributed by atoms with Gasteiger partial charge in [0, 0.05) is 28.3 Å². The van der Waals surface area contributed by atoms with Crippen LogP contribution in [-0.4, -0.2) is 4.98 Å². The number of hydrazine groups is 1. The standard InChI is InChI=1S/C12H14BrN3O/c1-8-11(4-5-17-8)12(16-14)6-10-3-2-9(13)7-15-10/h2-5,7,12,16H,6,14H2,1H3. The number of furan rings is 1. The number of hydrogen-bond donors (Lipinski definition) is 2. The Labute approximate surface area is 108 Å². The zero-order valence-corrected chi connectivity index (χ0v) is 11.1. The van der Waals surface area contributed by atoms with Crippen molar-refractivity contribution in [2.45, 2.75) is 19.4 Å². The molecule has 3 N–H and O–H groups in total. The van der Waals surface area contributed by atoms with E-state index in [1.165, 1.54) is 0 Å². The Balaban J connectivity index is 2.16. The topological polar surface area (TPSA) is 64.1 Å². The van der Waals surface area contributed by atoms with E-state index in [2.05, 4.69) is 26.3 Å². The van der Waals surface area contributed by atoms with Crippen molar-refractivity contribution in [3.63, 3.8) is 0 Å². The van der Waals surface area contributed by atoms with Crippen molar-refractivity contribution in [1.29, 1.82) is 0 Å². The van der Waals surface area contributed by atoms with Gasteiger partial charge in [-0.25, -0.2) is 0 Å². The summed E-state index contributed by atoms with van der Waals surface area (Å²) in [6.45, 7) is 1.93. The molecule has 0 bridgehead atoms. The number of nitrogens with two attached hydrogens (primary N) is 1. The Morgan fingerprint density at radius 3 is 2.82 bits per heavy atom. The molecule has 2 aromatic heterocycles. The number of halogens is 1. The molecule has 0 radical (unpaired) electrons. The Morgan fingerprint density at radius 1 is 1.47 bits per heavy atom. The summed E-state index contributed by atoms with van der Waals surface area (Å²) >= 11 is 3.36. The summed E-state index contributed by atoms with van der Waals surface area (Å²) < 4.78 is 6.25. The van der Waals surface area contributed by atoms with Gasteiger partial charge in [-0.05, 0) is 41.1 Å². The quantitative estimate of drug-likeness (QED) is 0.672. The lowest BCUT2D eigenvalue weighted by Crippen LogP contribution is -2.29. The number of nitrogens with one attached hydrogen (secondary N) is 1. The summed E-state index contributed by atoms with van der Waals surface area (Å²) in [5, 5.41) is 0. The number of hydrogen-bond acceptors (Lipinski definition) is 4. The summed E-state index contributed by atoms with van der Waals surface area (Å²) in [7, 11) is 0. The largest absolute Gasteiger partial charge is 0.469 e. The van der Waals surface area contributed by atoms with E-state index in [0.717, 1.165) is 27.9 Å². The van der Waals surface area contributed by atoms with Crippen molar-refractivity contribution in [2.75, 3.05) is 0 Å². The molecule has 4 nitrogen and oxygen atoms in total. The average Bonchev–Trinajstić information content (AvgIpc) is 2.75. The molecule has 90 valence electrons. The molecule has 2 heterocycles. The molecule has 2 aromatic rings. The summed E-state index contributed by atoms with van der Waals surface area (Å²) in [5.74, 6) is 6.46. The van der Waals surface area contributed by atoms with E-state index in [-0.39, 0.29) is 6.04 Å². The molecular formula is C12H14BrN3O. The van der Waals surface area contributed by atoms with Crippen LogP contribution in [0.4, 0.5) is 0 Å². The second kappa shape index (κ2) is 5.44. The summed E-state index contributed by atoms with van der Waals surface area (Å²) in [6.07, 6.45) is 4.18. The van der Waals surface area contributed by atoms with Crippen molar-refractivity contribution in [3.8, 4) is 0 Å². The number of aromatic nitrogens is 1. The number of aryl methyl sites for hydroxylation is 1. The van der Waals surface area contributed by atoms with Crippen LogP contribution in [0.2, 0.25) is 0 Å². The molecule has 0 saturated carbocycles. The molecule has 0 aromatic carbocycles. The Bertz CT molecular complexity index is 481. The highest BCUT2D eigenvalue weighted by Crippen LogP contribution is 2.21. The van der Waals surface area contributed by atoms with Crippen LogP contribution in [0, 0.1) is 6.92 Å². The maximum Gasteiger partial charge on any atom is 0.105 e. The molecule has 0 amide bonds. The highest BCUT2D eigenvalue weighted by atomic mass is 79.9. The van der Waals surface area contributed by atoms with Gasteiger partial charge in [-0.2, -0.15) is 0 Å².